The Morgan fingerprint density at radius 3 is 1.15 bits per heavy atom. The van der Waals surface area contributed by atoms with Crippen LogP contribution in [-0.4, -0.2) is 0 Å². The second-order valence-electron chi connectivity index (χ2n) is 4.31. The average molecular weight is 258 g/mol. The Labute approximate surface area is 121 Å². The molecule has 2 aromatic carbocycles. The highest BCUT2D eigenvalue weighted by Crippen LogP contribution is 2.02. The number of allylic oxidation sites excluding steroid dienone is 6. The van der Waals surface area contributed by atoms with E-state index < -0.39 is 0 Å². The van der Waals surface area contributed by atoms with Crippen LogP contribution in [0.3, 0.4) is 0 Å². The summed E-state index contributed by atoms with van der Waals surface area (Å²) in [5, 5.41) is 0. The molecule has 0 aliphatic carbocycles. The van der Waals surface area contributed by atoms with Crippen LogP contribution in [0.2, 0.25) is 0 Å². The van der Waals surface area contributed by atoms with E-state index >= 15 is 0 Å². The van der Waals surface area contributed by atoms with Gasteiger partial charge in [0.1, 0.15) is 0 Å². The maximum atomic E-state index is 2.09. The van der Waals surface area contributed by atoms with Gasteiger partial charge in [-0.25, -0.2) is 0 Å². The molecule has 0 aromatic heterocycles. The van der Waals surface area contributed by atoms with Crippen LogP contribution in [0.25, 0.3) is 12.2 Å². The molecule has 0 N–H and O–H groups in total. The molecule has 98 valence electrons. The highest BCUT2D eigenvalue weighted by Gasteiger charge is 1.80. The highest BCUT2D eigenvalue weighted by atomic mass is 13.9. The van der Waals surface area contributed by atoms with Crippen LogP contribution in [0, 0.1) is 0 Å². The van der Waals surface area contributed by atoms with E-state index in [1.807, 2.05) is 72.9 Å². The third-order valence-electron chi connectivity index (χ3n) is 2.73. The summed E-state index contributed by atoms with van der Waals surface area (Å²) in [5.41, 5.74) is 2.43. The zero-order chi connectivity index (χ0) is 13.9. The molecule has 20 heavy (non-hydrogen) atoms. The maximum Gasteiger partial charge on any atom is -0.0257 e. The van der Waals surface area contributed by atoms with E-state index in [1.54, 1.807) is 0 Å². The minimum Gasteiger partial charge on any atom is -0.0623 e. The Kier molecular flexibility index (Phi) is 5.87. The molecule has 0 saturated heterocycles. The van der Waals surface area contributed by atoms with Crippen LogP contribution in [0.5, 0.6) is 0 Å². The monoisotopic (exact) mass is 258 g/mol. The van der Waals surface area contributed by atoms with Crippen molar-refractivity contribution in [2.75, 3.05) is 0 Å². The second kappa shape index (κ2) is 8.49. The van der Waals surface area contributed by atoms with Gasteiger partial charge >= 0.3 is 0 Å². The van der Waals surface area contributed by atoms with Crippen molar-refractivity contribution in [3.63, 3.8) is 0 Å². The predicted molar refractivity (Wildman–Crippen MR) is 89.2 cm³/mol. The molecule has 0 aliphatic rings. The molecule has 0 bridgehead atoms. The summed E-state index contributed by atoms with van der Waals surface area (Å²) in [6.07, 6.45) is 16.4. The highest BCUT2D eigenvalue weighted by molar-refractivity contribution is 5.52. The van der Waals surface area contributed by atoms with E-state index in [1.165, 1.54) is 11.1 Å². The van der Waals surface area contributed by atoms with Gasteiger partial charge in [0.2, 0.25) is 0 Å². The summed E-state index contributed by atoms with van der Waals surface area (Å²) in [6.45, 7) is 0. The Balaban J connectivity index is 1.77. The first-order valence-corrected chi connectivity index (χ1v) is 6.73. The van der Waals surface area contributed by atoms with Gasteiger partial charge in [-0.05, 0) is 11.1 Å². The first-order valence-electron chi connectivity index (χ1n) is 6.73. The van der Waals surface area contributed by atoms with E-state index in [4.69, 9.17) is 0 Å². The second-order valence-corrected chi connectivity index (χ2v) is 4.31. The lowest BCUT2D eigenvalue weighted by atomic mass is 10.2. The number of benzene rings is 2. The lowest BCUT2D eigenvalue weighted by Crippen LogP contribution is -1.66. The van der Waals surface area contributed by atoms with E-state index in [9.17, 15) is 0 Å². The molecular weight excluding hydrogens is 240 g/mol. The smallest absolute Gasteiger partial charge is 0.0257 e. The number of hydrogen-bond donors (Lipinski definition) is 0. The van der Waals surface area contributed by atoms with Gasteiger partial charge in [-0.15, -0.1) is 0 Å². The quantitative estimate of drug-likeness (QED) is 0.619. The summed E-state index contributed by atoms with van der Waals surface area (Å²) in [6, 6.07) is 20.5. The summed E-state index contributed by atoms with van der Waals surface area (Å²) >= 11 is 0. The molecule has 0 aliphatic heterocycles. The van der Waals surface area contributed by atoms with E-state index in [0.717, 1.165) is 0 Å². The van der Waals surface area contributed by atoms with Crippen molar-refractivity contribution in [1.82, 2.24) is 0 Å². The molecule has 0 nitrogen and oxygen atoms in total. The minimum absolute atomic E-state index is 1.21. The van der Waals surface area contributed by atoms with Gasteiger partial charge in [-0.3, -0.25) is 0 Å². The maximum absolute atomic E-state index is 2.09. The molecule has 0 radical (unpaired) electrons. The topological polar surface area (TPSA) is 0 Å². The van der Waals surface area contributed by atoms with Crippen LogP contribution < -0.4 is 0 Å². The fourth-order valence-electron chi connectivity index (χ4n) is 1.72. The lowest BCUT2D eigenvalue weighted by molar-refractivity contribution is 1.66. The van der Waals surface area contributed by atoms with Crippen molar-refractivity contribution in [3.05, 3.63) is 108 Å². The SMILES string of the molecule is C(=Cc1ccccc1)/C=C/C=C\C=C\c1ccccc1. The molecule has 0 atom stereocenters. The fraction of sp³-hybridized carbons (Fsp3) is 0. The Morgan fingerprint density at radius 2 is 0.750 bits per heavy atom. The zero-order valence-electron chi connectivity index (χ0n) is 11.4. The third-order valence-corrected chi connectivity index (χ3v) is 2.73. The van der Waals surface area contributed by atoms with Gasteiger partial charge in [0.15, 0.2) is 0 Å². The van der Waals surface area contributed by atoms with E-state index in [2.05, 4.69) is 36.4 Å². The Hall–Kier alpha value is -2.60. The predicted octanol–water partition coefficient (Wildman–Crippen LogP) is 5.53. The largest absolute Gasteiger partial charge is 0.0623 e. The Bertz CT molecular complexity index is 542. The molecule has 0 heterocycles. The summed E-state index contributed by atoms with van der Waals surface area (Å²) < 4.78 is 0. The fourth-order valence-corrected chi connectivity index (χ4v) is 1.72. The van der Waals surface area contributed by atoms with Crippen LogP contribution >= 0.6 is 0 Å². The lowest BCUT2D eigenvalue weighted by Gasteiger charge is -1.88. The van der Waals surface area contributed by atoms with Crippen LogP contribution in [0.15, 0.2) is 97.1 Å². The van der Waals surface area contributed by atoms with Gasteiger partial charge in [0.05, 0.1) is 0 Å². The molecule has 0 saturated carbocycles. The van der Waals surface area contributed by atoms with E-state index in [-0.39, 0.29) is 0 Å². The van der Waals surface area contributed by atoms with E-state index in [0.29, 0.717) is 0 Å². The first kappa shape index (κ1) is 13.8. The minimum atomic E-state index is 1.21. The molecule has 0 amide bonds. The van der Waals surface area contributed by atoms with Crippen molar-refractivity contribution in [1.29, 1.82) is 0 Å². The molecular formula is C20H18. The summed E-state index contributed by atoms with van der Waals surface area (Å²) in [5.74, 6) is 0. The van der Waals surface area contributed by atoms with Crippen molar-refractivity contribution in [2.45, 2.75) is 0 Å². The third kappa shape index (κ3) is 5.36. The van der Waals surface area contributed by atoms with Crippen molar-refractivity contribution in [3.8, 4) is 0 Å². The van der Waals surface area contributed by atoms with Gasteiger partial charge in [-0.2, -0.15) is 0 Å². The molecule has 0 spiro atoms. The van der Waals surface area contributed by atoms with Gasteiger partial charge in [-0.1, -0.05) is 109 Å². The van der Waals surface area contributed by atoms with Gasteiger partial charge in [0, 0.05) is 0 Å². The molecule has 0 fully saturated rings. The average Bonchev–Trinajstić information content (AvgIpc) is 2.52. The number of hydrogen-bond acceptors (Lipinski definition) is 0. The summed E-state index contributed by atoms with van der Waals surface area (Å²) in [7, 11) is 0. The van der Waals surface area contributed by atoms with Crippen LogP contribution in [-0.2, 0) is 0 Å². The van der Waals surface area contributed by atoms with Gasteiger partial charge in [0.25, 0.3) is 0 Å². The normalized spacial score (nSPS) is 12.2. The first-order chi connectivity index (χ1) is 9.95. The zero-order valence-corrected chi connectivity index (χ0v) is 11.4. The molecule has 0 unspecified atom stereocenters. The summed E-state index contributed by atoms with van der Waals surface area (Å²) in [4.78, 5) is 0. The molecule has 0 heteroatoms. The van der Waals surface area contributed by atoms with Crippen LogP contribution in [0.4, 0.5) is 0 Å². The van der Waals surface area contributed by atoms with Crippen molar-refractivity contribution < 1.29 is 0 Å². The number of rotatable bonds is 5. The molecule has 2 aromatic rings. The van der Waals surface area contributed by atoms with Gasteiger partial charge < -0.3 is 0 Å². The van der Waals surface area contributed by atoms with Crippen molar-refractivity contribution >= 4 is 12.2 Å². The standard InChI is InChI=1S/C20H18/c1(3-7-13-19-15-9-5-10-16-19)2-4-8-14-20-17-11-6-12-18-20/h1-18H/b3-1-,4-2+,13-7+,14-8?. The van der Waals surface area contributed by atoms with Crippen LogP contribution in [0.1, 0.15) is 11.1 Å². The molecule has 2 rings (SSSR count). The Morgan fingerprint density at radius 1 is 0.400 bits per heavy atom. The van der Waals surface area contributed by atoms with Crippen molar-refractivity contribution in [2.24, 2.45) is 0 Å².